The number of nitrogens with one attached hydrogen (secondary N) is 3. The zero-order valence-electron chi connectivity index (χ0n) is 47.6. The molecule has 5 aromatic rings. The summed E-state index contributed by atoms with van der Waals surface area (Å²) in [6.45, 7) is 6.00. The molecule has 2 fully saturated rings. The van der Waals surface area contributed by atoms with Crippen LogP contribution < -0.4 is 73.4 Å². The molecule has 0 bridgehead atoms. The molecule has 1 aromatic heterocycles. The van der Waals surface area contributed by atoms with E-state index in [1.807, 2.05) is 54.6 Å². The van der Waals surface area contributed by atoms with Crippen LogP contribution in [0.4, 0.5) is 32.8 Å². The molecule has 2 saturated heterocycles. The summed E-state index contributed by atoms with van der Waals surface area (Å²) in [5.74, 6) is 1.60. The number of anilines is 5. The standard InChI is InChI=1S/C16H23N3O2.C15H20N2O3.C10H11FN2O2.C10H12N2O2.C9H12N4O/c17-14-6-4-12-3-5-13(11-15(12)18-16(14)20)21-10-9-19-7-1-2-8-19;16-13-6-4-10-3-5-11(8-14(10)17-15(13)18)20-9-12-2-1-7-19-12;1-13-8-4-6(11)2-3-9(8)15-5-7(12)10(13)14;11-7-5-6-14-9-4-2-1-3-8(9)12-10(7)13;1-13-8-4-11-5-12-7(8)3-2-6(10)9(13)14/h3,5,11,14H,1-2,4,6-10,17H2,(H,18,20);3,5,8,12-13H,1-2,4,6-7,9,16H2,(H,17,18);2-4,7H,5,12H2,1H3;1-4,7H,5-6,11H2,(H,12,13);4-6H,2-3,10H2,1H3/t14-;12?,13-;2*7-;6-/m00000/s1. The summed E-state index contributed by atoms with van der Waals surface area (Å²) >= 11 is 0. The highest BCUT2D eigenvalue weighted by Gasteiger charge is 2.29. The van der Waals surface area contributed by atoms with E-state index < -0.39 is 36.0 Å². The number of hydrogen-bond donors (Lipinski definition) is 8. The van der Waals surface area contributed by atoms with E-state index in [9.17, 15) is 28.4 Å². The lowest BCUT2D eigenvalue weighted by Gasteiger charge is -2.19. The topological polar surface area (TPSA) is 333 Å². The summed E-state index contributed by atoms with van der Waals surface area (Å²) in [6, 6.07) is 20.6. The van der Waals surface area contributed by atoms with Crippen molar-refractivity contribution in [3.63, 3.8) is 0 Å². The Bertz CT molecular complexity index is 3070. The Morgan fingerprint density at radius 2 is 1.21 bits per heavy atom. The van der Waals surface area contributed by atoms with E-state index >= 15 is 0 Å². The maximum absolute atomic E-state index is 13.0. The van der Waals surface area contributed by atoms with Gasteiger partial charge in [-0.2, -0.15) is 0 Å². The first kappa shape index (κ1) is 62.2. The number of aromatic nitrogens is 2. The van der Waals surface area contributed by atoms with Gasteiger partial charge in [0.2, 0.25) is 29.5 Å². The molecule has 6 atom stereocenters. The Balaban J connectivity index is 0.000000138. The molecule has 12 rings (SSSR count). The maximum Gasteiger partial charge on any atom is 0.247 e. The number of carbonyl (C=O) groups excluding carboxylic acids is 5. The number of para-hydroxylation sites is 2. The summed E-state index contributed by atoms with van der Waals surface area (Å²) in [6.07, 6.45) is 13.0. The number of fused-ring (bicyclic) bond motifs is 5. The predicted molar refractivity (Wildman–Crippen MR) is 317 cm³/mol. The quantitative estimate of drug-likeness (QED) is 0.115. The second-order valence-corrected chi connectivity index (χ2v) is 21.3. The van der Waals surface area contributed by atoms with Crippen LogP contribution >= 0.6 is 0 Å². The molecular formula is C60H78FN13O10. The first-order valence-corrected chi connectivity index (χ1v) is 28.5. The van der Waals surface area contributed by atoms with Gasteiger partial charge in [-0.05, 0) is 125 Å². The fraction of sp³-hybridized carbons (Fsp3) is 0.450. The molecule has 23 nitrogen and oxygen atoms in total. The summed E-state index contributed by atoms with van der Waals surface area (Å²) in [4.78, 5) is 71.6. The Morgan fingerprint density at radius 1 is 0.607 bits per heavy atom. The minimum absolute atomic E-state index is 0.0708. The van der Waals surface area contributed by atoms with E-state index in [-0.39, 0.29) is 42.2 Å². The fourth-order valence-corrected chi connectivity index (χ4v) is 10.0. The van der Waals surface area contributed by atoms with Crippen molar-refractivity contribution in [3.8, 4) is 23.0 Å². The number of benzene rings is 4. The van der Waals surface area contributed by atoms with Crippen LogP contribution in [0.25, 0.3) is 0 Å². The lowest BCUT2D eigenvalue weighted by Crippen LogP contribution is -2.43. The predicted octanol–water partition coefficient (Wildman–Crippen LogP) is 3.79. The Morgan fingerprint density at radius 3 is 1.88 bits per heavy atom. The van der Waals surface area contributed by atoms with Crippen molar-refractivity contribution in [1.29, 1.82) is 0 Å². The van der Waals surface area contributed by atoms with Crippen LogP contribution in [0.2, 0.25) is 0 Å². The van der Waals surface area contributed by atoms with Gasteiger partial charge in [-0.1, -0.05) is 24.3 Å². The molecule has 4 aromatic carbocycles. The van der Waals surface area contributed by atoms with Crippen LogP contribution in [0.3, 0.4) is 0 Å². The average Bonchev–Trinajstić information content (AvgIpc) is 4.24. The molecule has 8 heterocycles. The highest BCUT2D eigenvalue weighted by molar-refractivity contribution is 6.00. The van der Waals surface area contributed by atoms with Gasteiger partial charge in [0.25, 0.3) is 0 Å². The summed E-state index contributed by atoms with van der Waals surface area (Å²) < 4.78 is 40.8. The largest absolute Gasteiger partial charge is 0.492 e. The van der Waals surface area contributed by atoms with Crippen LogP contribution in [-0.4, -0.2) is 147 Å². The zero-order chi connectivity index (χ0) is 59.7. The number of likely N-dealkylation sites (tertiary alicyclic amines) is 1. The van der Waals surface area contributed by atoms with Gasteiger partial charge in [-0.3, -0.25) is 28.9 Å². The third-order valence-corrected chi connectivity index (χ3v) is 15.1. The molecule has 450 valence electrons. The highest BCUT2D eigenvalue weighted by atomic mass is 19.1. The number of hydrogen-bond acceptors (Lipinski definition) is 18. The van der Waals surface area contributed by atoms with E-state index in [2.05, 4.69) is 30.8 Å². The number of rotatable bonds is 7. The Hall–Kier alpha value is -7.84. The molecular weight excluding hydrogens is 1080 g/mol. The molecule has 84 heavy (non-hydrogen) atoms. The lowest BCUT2D eigenvalue weighted by atomic mass is 10.1. The van der Waals surface area contributed by atoms with Crippen LogP contribution in [0, 0.1) is 5.82 Å². The number of aryl methyl sites for hydroxylation is 3. The average molecular weight is 1160 g/mol. The normalized spacial score (nSPS) is 22.6. The summed E-state index contributed by atoms with van der Waals surface area (Å²) in [5.41, 5.74) is 35.1. The van der Waals surface area contributed by atoms with E-state index in [1.54, 1.807) is 26.4 Å². The molecule has 7 aliphatic rings. The Labute approximate surface area is 488 Å². The third-order valence-electron chi connectivity index (χ3n) is 15.1. The highest BCUT2D eigenvalue weighted by Crippen LogP contribution is 2.32. The van der Waals surface area contributed by atoms with E-state index in [0.717, 1.165) is 90.6 Å². The smallest absolute Gasteiger partial charge is 0.247 e. The molecule has 24 heteroatoms. The van der Waals surface area contributed by atoms with Crippen molar-refractivity contribution in [2.45, 2.75) is 107 Å². The van der Waals surface area contributed by atoms with E-state index in [1.165, 1.54) is 60.3 Å². The van der Waals surface area contributed by atoms with Crippen molar-refractivity contribution in [3.05, 3.63) is 114 Å². The molecule has 0 radical (unpaired) electrons. The van der Waals surface area contributed by atoms with Crippen LogP contribution in [-0.2, 0) is 48.0 Å². The summed E-state index contributed by atoms with van der Waals surface area (Å²) in [7, 11) is 3.25. The second kappa shape index (κ2) is 30.1. The number of halogens is 1. The monoisotopic (exact) mass is 1160 g/mol. The number of nitrogens with zero attached hydrogens (tertiary/aromatic N) is 5. The molecule has 0 spiro atoms. The van der Waals surface area contributed by atoms with Gasteiger partial charge < -0.3 is 78.1 Å². The third kappa shape index (κ3) is 17.1. The van der Waals surface area contributed by atoms with Crippen molar-refractivity contribution >= 4 is 58.0 Å². The van der Waals surface area contributed by atoms with Gasteiger partial charge in [-0.25, -0.2) is 14.4 Å². The van der Waals surface area contributed by atoms with Crippen molar-refractivity contribution < 1.29 is 52.0 Å². The maximum atomic E-state index is 13.0. The van der Waals surface area contributed by atoms with Crippen molar-refractivity contribution in [2.24, 2.45) is 28.7 Å². The Kier molecular flexibility index (Phi) is 22.3. The summed E-state index contributed by atoms with van der Waals surface area (Å²) in [5, 5.41) is 8.48. The van der Waals surface area contributed by atoms with Gasteiger partial charge in [0.05, 0.1) is 65.8 Å². The first-order chi connectivity index (χ1) is 40.5. The van der Waals surface area contributed by atoms with Crippen molar-refractivity contribution in [2.75, 3.05) is 92.5 Å². The van der Waals surface area contributed by atoms with Crippen LogP contribution in [0.5, 0.6) is 23.0 Å². The number of carbonyl (C=O) groups is 5. The van der Waals surface area contributed by atoms with Gasteiger partial charge in [0, 0.05) is 63.2 Å². The van der Waals surface area contributed by atoms with Gasteiger partial charge >= 0.3 is 0 Å². The molecule has 7 aliphatic heterocycles. The minimum atomic E-state index is -0.703. The SMILES string of the molecule is CN1C(=O)[C@@H](N)CCc2ncncc21.CN1C(=O)[C@@H](N)COc2ccc(F)cc21.N[C@H]1CCOc2ccccc2NC1=O.N[C@H]1CCc2ccc(OCC3CCCO3)cc2NC1=O.N[C@H]1CCc2ccc(OCCN3CCCC3)cc2NC1=O. The zero-order valence-corrected chi connectivity index (χ0v) is 47.6. The van der Waals surface area contributed by atoms with Gasteiger partial charge in [-0.15, -0.1) is 0 Å². The van der Waals surface area contributed by atoms with E-state index in [0.29, 0.717) is 68.4 Å². The van der Waals surface area contributed by atoms with Gasteiger partial charge in [0.15, 0.2) is 0 Å². The minimum Gasteiger partial charge on any atom is -0.492 e. The van der Waals surface area contributed by atoms with Crippen LogP contribution in [0.15, 0.2) is 91.4 Å². The molecule has 0 aliphatic carbocycles. The fourth-order valence-electron chi connectivity index (χ4n) is 10.0. The molecule has 5 amide bonds. The molecule has 1 unspecified atom stereocenters. The molecule has 13 N–H and O–H groups in total. The number of nitrogens with two attached hydrogens (primary N) is 5. The second-order valence-electron chi connectivity index (χ2n) is 21.3. The molecule has 0 saturated carbocycles. The number of amides is 5. The van der Waals surface area contributed by atoms with E-state index in [4.69, 9.17) is 52.4 Å². The first-order valence-electron chi connectivity index (χ1n) is 28.5. The van der Waals surface area contributed by atoms with Crippen molar-refractivity contribution in [1.82, 2.24) is 14.9 Å². The number of ether oxygens (including phenoxy) is 5. The van der Waals surface area contributed by atoms with Crippen LogP contribution in [0.1, 0.15) is 68.2 Å². The lowest BCUT2D eigenvalue weighted by molar-refractivity contribution is -0.120. The van der Waals surface area contributed by atoms with Gasteiger partial charge in [0.1, 0.15) is 61.0 Å². The number of likely N-dealkylation sites (N-methyl/N-ethyl adjacent to an activating group) is 2.